The highest BCUT2D eigenvalue weighted by Gasteiger charge is 2.31. The second kappa shape index (κ2) is 9.60. The summed E-state index contributed by atoms with van der Waals surface area (Å²) in [6, 6.07) is 17.8. The van der Waals surface area contributed by atoms with E-state index in [0.717, 1.165) is 55.3 Å². The van der Waals surface area contributed by atoms with Crippen molar-refractivity contribution in [1.82, 2.24) is 4.37 Å². The number of benzene rings is 3. The van der Waals surface area contributed by atoms with Gasteiger partial charge in [0.1, 0.15) is 13.2 Å². The maximum absolute atomic E-state index is 11.4. The maximum Gasteiger partial charge on any atom is 0.333 e. The van der Waals surface area contributed by atoms with Gasteiger partial charge in [-0.05, 0) is 78.0 Å². The Morgan fingerprint density at radius 2 is 1.97 bits per heavy atom. The Hall–Kier alpha value is -3.95. The van der Waals surface area contributed by atoms with Gasteiger partial charge in [0.25, 0.3) is 0 Å². The van der Waals surface area contributed by atoms with Crippen molar-refractivity contribution in [3.05, 3.63) is 65.7 Å². The summed E-state index contributed by atoms with van der Waals surface area (Å²) in [5.74, 6) is 1.08. The van der Waals surface area contributed by atoms with E-state index in [1.165, 1.54) is 24.7 Å². The Morgan fingerprint density at radius 3 is 2.75 bits per heavy atom. The molecule has 1 aromatic heterocycles. The van der Waals surface area contributed by atoms with Crippen LogP contribution in [0, 0.1) is 6.92 Å². The number of aromatic nitrogens is 1. The minimum Gasteiger partial charge on any atom is -0.486 e. The van der Waals surface area contributed by atoms with Crippen LogP contribution < -0.4 is 14.8 Å². The molecule has 1 atom stereocenters. The number of aliphatic hydroxyl groups is 1. The smallest absolute Gasteiger partial charge is 0.333 e. The van der Waals surface area contributed by atoms with Gasteiger partial charge in [0, 0.05) is 17.3 Å². The summed E-state index contributed by atoms with van der Waals surface area (Å²) in [7, 11) is 0. The summed E-state index contributed by atoms with van der Waals surface area (Å²) >= 11 is 1.34. The summed E-state index contributed by atoms with van der Waals surface area (Å²) in [4.78, 5) is 15.4. The molecule has 1 aliphatic rings. The molecule has 0 amide bonds. The molecular weight excluding hydrogens is 478 g/mol. The van der Waals surface area contributed by atoms with Crippen molar-refractivity contribution in [2.24, 2.45) is 4.99 Å². The highest BCUT2D eigenvalue weighted by atomic mass is 32.1. The predicted octanol–water partition coefficient (Wildman–Crippen LogP) is 5.04. The lowest BCUT2D eigenvalue weighted by molar-refractivity contribution is -0.143. The van der Waals surface area contributed by atoms with E-state index >= 15 is 0 Å². The van der Waals surface area contributed by atoms with E-state index in [0.29, 0.717) is 13.2 Å². The molecule has 3 N–H and O–H groups in total. The normalized spacial score (nSPS) is 14.6. The molecule has 0 spiro atoms. The molecule has 5 rings (SSSR count). The molecule has 36 heavy (non-hydrogen) atoms. The maximum atomic E-state index is 11.4. The van der Waals surface area contributed by atoms with Crippen LogP contribution in [0.15, 0.2) is 59.6 Å². The number of rotatable bonds is 7. The Labute approximate surface area is 212 Å². The van der Waals surface area contributed by atoms with Crippen LogP contribution in [0.2, 0.25) is 0 Å². The van der Waals surface area contributed by atoms with E-state index in [2.05, 4.69) is 27.7 Å². The van der Waals surface area contributed by atoms with E-state index in [1.54, 1.807) is 0 Å². The number of carbonyl (C=O) groups is 1. The second-order valence-corrected chi connectivity index (χ2v) is 9.55. The van der Waals surface area contributed by atoms with Gasteiger partial charge in [-0.2, -0.15) is 4.37 Å². The van der Waals surface area contributed by atoms with Crippen LogP contribution in [0.5, 0.6) is 11.5 Å². The quantitative estimate of drug-likeness (QED) is 0.303. The number of anilines is 2. The first-order valence-corrected chi connectivity index (χ1v) is 12.2. The molecule has 3 aromatic carbocycles. The van der Waals surface area contributed by atoms with Crippen molar-refractivity contribution in [2.45, 2.75) is 19.4 Å². The molecule has 8 nitrogen and oxygen atoms in total. The standard InChI is InChI=1S/C27H25N3O5S/c1-16-19(18-7-9-22-23(13-18)35-11-10-34-22)4-3-5-21(16)29-25-20-8-6-17(12-24(20)36-30-25)14-28-27(2,15-31)26(32)33/h3-9,12-14,31H,10-11,15H2,1-2H3,(H,29,30)(H,32,33). The van der Waals surface area contributed by atoms with Crippen LogP contribution >= 0.6 is 11.5 Å². The van der Waals surface area contributed by atoms with Crippen molar-refractivity contribution in [3.8, 4) is 22.6 Å². The Kier molecular flexibility index (Phi) is 6.34. The van der Waals surface area contributed by atoms with Crippen LogP contribution in [0.25, 0.3) is 21.2 Å². The van der Waals surface area contributed by atoms with Crippen LogP contribution in [0.3, 0.4) is 0 Å². The van der Waals surface area contributed by atoms with Crippen molar-refractivity contribution in [1.29, 1.82) is 0 Å². The number of ether oxygens (including phenoxy) is 2. The van der Waals surface area contributed by atoms with Gasteiger partial charge in [0.05, 0.1) is 11.3 Å². The third-order valence-electron chi connectivity index (χ3n) is 6.20. The van der Waals surface area contributed by atoms with Gasteiger partial charge in [0.15, 0.2) is 22.9 Å². The molecular formula is C27H25N3O5S. The molecule has 4 aromatic rings. The van der Waals surface area contributed by atoms with Gasteiger partial charge in [-0.1, -0.05) is 24.3 Å². The molecule has 184 valence electrons. The zero-order valence-electron chi connectivity index (χ0n) is 19.8. The highest BCUT2D eigenvalue weighted by Crippen LogP contribution is 2.38. The number of carboxylic acid groups (broad SMARTS) is 1. The topological polar surface area (TPSA) is 113 Å². The van der Waals surface area contributed by atoms with E-state index in [1.807, 2.05) is 48.5 Å². The van der Waals surface area contributed by atoms with Gasteiger partial charge >= 0.3 is 5.97 Å². The summed E-state index contributed by atoms with van der Waals surface area (Å²) in [5.41, 5.74) is 3.31. The number of hydrogen-bond acceptors (Lipinski definition) is 8. The zero-order chi connectivity index (χ0) is 25.3. The molecule has 2 heterocycles. The van der Waals surface area contributed by atoms with Gasteiger partial charge < -0.3 is 25.0 Å². The number of fused-ring (bicyclic) bond motifs is 2. The second-order valence-electron chi connectivity index (χ2n) is 8.74. The molecule has 0 fully saturated rings. The van der Waals surface area contributed by atoms with Crippen LogP contribution in [-0.4, -0.2) is 52.1 Å². The van der Waals surface area contributed by atoms with E-state index in [4.69, 9.17) is 9.47 Å². The Morgan fingerprint density at radius 1 is 1.17 bits per heavy atom. The molecule has 0 radical (unpaired) electrons. The fourth-order valence-corrected chi connectivity index (χ4v) is 4.71. The lowest BCUT2D eigenvalue weighted by Crippen LogP contribution is -2.37. The number of aliphatic hydroxyl groups excluding tert-OH is 1. The monoisotopic (exact) mass is 503 g/mol. The number of hydrogen-bond donors (Lipinski definition) is 3. The minimum atomic E-state index is -1.57. The molecule has 0 aliphatic carbocycles. The number of aliphatic carboxylic acids is 1. The molecule has 1 unspecified atom stereocenters. The third-order valence-corrected chi connectivity index (χ3v) is 7.01. The lowest BCUT2D eigenvalue weighted by Gasteiger charge is -2.19. The van der Waals surface area contributed by atoms with Gasteiger partial charge in [-0.25, -0.2) is 4.79 Å². The average Bonchev–Trinajstić information content (AvgIpc) is 3.30. The van der Waals surface area contributed by atoms with Crippen molar-refractivity contribution in [2.75, 3.05) is 25.1 Å². The molecule has 9 heteroatoms. The van der Waals surface area contributed by atoms with Crippen molar-refractivity contribution in [3.63, 3.8) is 0 Å². The largest absolute Gasteiger partial charge is 0.486 e. The SMILES string of the molecule is Cc1c(Nc2nsc3cc(C=NC(C)(CO)C(=O)O)ccc23)cccc1-c1ccc2c(c1)OCCO2. The van der Waals surface area contributed by atoms with E-state index < -0.39 is 18.1 Å². The third kappa shape index (κ3) is 4.50. The lowest BCUT2D eigenvalue weighted by atomic mass is 9.98. The van der Waals surface area contributed by atoms with Crippen LogP contribution in [-0.2, 0) is 4.79 Å². The number of carboxylic acids is 1. The van der Waals surface area contributed by atoms with Crippen LogP contribution in [0.1, 0.15) is 18.1 Å². The summed E-state index contributed by atoms with van der Waals surface area (Å²) in [6.07, 6.45) is 1.47. The molecule has 0 saturated heterocycles. The predicted molar refractivity (Wildman–Crippen MR) is 141 cm³/mol. The van der Waals surface area contributed by atoms with Crippen LogP contribution in [0.4, 0.5) is 11.5 Å². The Balaban J connectivity index is 1.41. The first-order chi connectivity index (χ1) is 17.4. The molecule has 0 saturated carbocycles. The van der Waals surface area contributed by atoms with Gasteiger partial charge in [0.2, 0.25) is 0 Å². The van der Waals surface area contributed by atoms with Gasteiger partial charge in [-0.15, -0.1) is 0 Å². The number of nitrogens with one attached hydrogen (secondary N) is 1. The van der Waals surface area contributed by atoms with Gasteiger partial charge in [-0.3, -0.25) is 4.99 Å². The first-order valence-electron chi connectivity index (χ1n) is 11.4. The van der Waals surface area contributed by atoms with E-state index in [-0.39, 0.29) is 0 Å². The summed E-state index contributed by atoms with van der Waals surface area (Å²) < 4.78 is 16.9. The van der Waals surface area contributed by atoms with E-state index in [9.17, 15) is 15.0 Å². The van der Waals surface area contributed by atoms with Crippen molar-refractivity contribution < 1.29 is 24.5 Å². The Bertz CT molecular complexity index is 1480. The fourth-order valence-electron chi connectivity index (χ4n) is 3.93. The van der Waals surface area contributed by atoms with Crippen molar-refractivity contribution >= 4 is 45.3 Å². The number of aliphatic imine (C=N–C) groups is 1. The zero-order valence-corrected chi connectivity index (χ0v) is 20.6. The summed E-state index contributed by atoms with van der Waals surface area (Å²) in [6.45, 7) is 3.96. The average molecular weight is 504 g/mol. The molecule has 0 bridgehead atoms. The summed E-state index contributed by atoms with van der Waals surface area (Å²) in [5, 5.41) is 23.1. The minimum absolute atomic E-state index is 0.543. The molecule has 1 aliphatic heterocycles. The first kappa shape index (κ1) is 23.8. The number of nitrogens with zero attached hydrogens (tertiary/aromatic N) is 2. The fraction of sp³-hybridized carbons (Fsp3) is 0.222. The highest BCUT2D eigenvalue weighted by molar-refractivity contribution is 7.13.